The number of nitrogens with two attached hydrogens (primary N) is 1. The molecule has 0 aliphatic heterocycles. The molecule has 0 aliphatic carbocycles. The van der Waals surface area contributed by atoms with E-state index in [9.17, 15) is 21.6 Å². The fourth-order valence-corrected chi connectivity index (χ4v) is 2.53. The molecule has 21 heavy (non-hydrogen) atoms. The maximum atomic E-state index is 12.0. The van der Waals surface area contributed by atoms with Crippen molar-refractivity contribution in [2.45, 2.75) is 6.18 Å². The molecule has 0 saturated carbocycles. The molecule has 2 aromatic rings. The van der Waals surface area contributed by atoms with Crippen LogP contribution in [0.25, 0.3) is 10.9 Å². The third-order valence-corrected chi connectivity index (χ3v) is 3.52. The standard InChI is InChI=1S/C11H11F3N4O2S/c12-11(13,14)6-17-21(19,20)18-9-4-3-8(15)10-7(9)2-1-5-16-10/h1-5,17-18H,6,15H2. The van der Waals surface area contributed by atoms with Gasteiger partial charge in [-0.3, -0.25) is 9.71 Å². The van der Waals surface area contributed by atoms with Gasteiger partial charge in [-0.25, -0.2) is 0 Å². The first kappa shape index (κ1) is 15.3. The monoisotopic (exact) mass is 320 g/mol. The molecule has 6 nitrogen and oxygen atoms in total. The molecule has 1 heterocycles. The highest BCUT2D eigenvalue weighted by Crippen LogP contribution is 2.27. The van der Waals surface area contributed by atoms with Crippen LogP contribution in [0.4, 0.5) is 24.5 Å². The van der Waals surface area contributed by atoms with Gasteiger partial charge in [0.25, 0.3) is 10.2 Å². The van der Waals surface area contributed by atoms with Gasteiger partial charge in [0, 0.05) is 11.6 Å². The molecule has 1 aromatic heterocycles. The second kappa shape index (κ2) is 5.37. The normalized spacial score (nSPS) is 12.5. The van der Waals surface area contributed by atoms with Gasteiger partial charge in [0.15, 0.2) is 0 Å². The fraction of sp³-hybridized carbons (Fsp3) is 0.182. The van der Waals surface area contributed by atoms with Crippen LogP contribution in [-0.4, -0.2) is 26.1 Å². The van der Waals surface area contributed by atoms with Crippen molar-refractivity contribution in [1.29, 1.82) is 0 Å². The molecule has 0 spiro atoms. The Morgan fingerprint density at radius 1 is 1.24 bits per heavy atom. The summed E-state index contributed by atoms with van der Waals surface area (Å²) >= 11 is 0. The first-order valence-electron chi connectivity index (χ1n) is 5.65. The number of nitrogens with zero attached hydrogens (tertiary/aromatic N) is 1. The van der Waals surface area contributed by atoms with Gasteiger partial charge in [-0.15, -0.1) is 0 Å². The van der Waals surface area contributed by atoms with Gasteiger partial charge >= 0.3 is 6.18 Å². The molecule has 2 rings (SSSR count). The van der Waals surface area contributed by atoms with Crippen molar-refractivity contribution < 1.29 is 21.6 Å². The van der Waals surface area contributed by atoms with E-state index in [0.717, 1.165) is 0 Å². The third-order valence-electron chi connectivity index (χ3n) is 2.51. The van der Waals surface area contributed by atoms with E-state index < -0.39 is 22.9 Å². The minimum atomic E-state index is -4.64. The zero-order chi connectivity index (χ0) is 15.7. The van der Waals surface area contributed by atoms with Crippen molar-refractivity contribution in [2.75, 3.05) is 17.0 Å². The van der Waals surface area contributed by atoms with Crippen LogP contribution in [0.2, 0.25) is 0 Å². The molecular formula is C11H11F3N4O2S. The summed E-state index contributed by atoms with van der Waals surface area (Å²) in [4.78, 5) is 4.00. The van der Waals surface area contributed by atoms with Gasteiger partial charge in [0.1, 0.15) is 6.54 Å². The molecule has 0 atom stereocenters. The number of rotatable bonds is 4. The van der Waals surface area contributed by atoms with E-state index >= 15 is 0 Å². The molecule has 0 unspecified atom stereocenters. The molecule has 1 aromatic carbocycles. The zero-order valence-corrected chi connectivity index (χ0v) is 11.3. The fourth-order valence-electron chi connectivity index (χ4n) is 1.64. The first-order chi connectivity index (χ1) is 9.68. The Bertz CT molecular complexity index is 762. The van der Waals surface area contributed by atoms with E-state index in [2.05, 4.69) is 4.98 Å². The van der Waals surface area contributed by atoms with Gasteiger partial charge in [-0.2, -0.15) is 26.3 Å². The molecule has 0 fully saturated rings. The SMILES string of the molecule is Nc1ccc(NS(=O)(=O)NCC(F)(F)F)c2cccnc12. The lowest BCUT2D eigenvalue weighted by Crippen LogP contribution is -2.37. The molecule has 0 aliphatic rings. The van der Waals surface area contributed by atoms with Gasteiger partial charge in [-0.1, -0.05) is 0 Å². The Kier molecular flexibility index (Phi) is 3.92. The van der Waals surface area contributed by atoms with Crippen molar-refractivity contribution in [3.63, 3.8) is 0 Å². The molecular weight excluding hydrogens is 309 g/mol. The van der Waals surface area contributed by atoms with Crippen molar-refractivity contribution in [2.24, 2.45) is 0 Å². The van der Waals surface area contributed by atoms with Crippen LogP contribution in [0.5, 0.6) is 0 Å². The maximum Gasteiger partial charge on any atom is 0.402 e. The highest BCUT2D eigenvalue weighted by Gasteiger charge is 2.29. The number of halogens is 3. The van der Waals surface area contributed by atoms with E-state index in [-0.39, 0.29) is 5.69 Å². The first-order valence-corrected chi connectivity index (χ1v) is 7.14. The molecule has 0 amide bonds. The smallest absolute Gasteiger partial charge is 0.397 e. The number of hydrogen-bond acceptors (Lipinski definition) is 4. The van der Waals surface area contributed by atoms with Crippen molar-refractivity contribution in [3.8, 4) is 0 Å². The summed E-state index contributed by atoms with van der Waals surface area (Å²) in [7, 11) is -4.36. The molecule has 10 heteroatoms. The number of pyridine rings is 1. The number of anilines is 2. The number of fused-ring (bicyclic) bond motifs is 1. The summed E-state index contributed by atoms with van der Waals surface area (Å²) in [6, 6.07) is 5.88. The van der Waals surface area contributed by atoms with Gasteiger partial charge < -0.3 is 5.73 Å². The summed E-state index contributed by atoms with van der Waals surface area (Å²) in [5.41, 5.74) is 6.47. The highest BCUT2D eigenvalue weighted by molar-refractivity contribution is 7.90. The van der Waals surface area contributed by atoms with Crippen LogP contribution in [0.1, 0.15) is 0 Å². The predicted octanol–water partition coefficient (Wildman–Crippen LogP) is 1.63. The van der Waals surface area contributed by atoms with Gasteiger partial charge in [0.2, 0.25) is 0 Å². The number of aromatic nitrogens is 1. The van der Waals surface area contributed by atoms with Crippen molar-refractivity contribution in [1.82, 2.24) is 9.71 Å². The molecule has 4 N–H and O–H groups in total. The summed E-state index contributed by atoms with van der Waals surface area (Å²) < 4.78 is 62.8. The Hall–Kier alpha value is -2.07. The minimum Gasteiger partial charge on any atom is -0.397 e. The summed E-state index contributed by atoms with van der Waals surface area (Å²) in [6.07, 6.45) is -3.17. The average molecular weight is 320 g/mol. The highest BCUT2D eigenvalue weighted by atomic mass is 32.2. The van der Waals surface area contributed by atoms with Crippen LogP contribution < -0.4 is 15.2 Å². The Morgan fingerprint density at radius 2 is 1.95 bits per heavy atom. The number of benzene rings is 1. The molecule has 0 radical (unpaired) electrons. The lowest BCUT2D eigenvalue weighted by molar-refractivity contribution is -0.121. The van der Waals surface area contributed by atoms with E-state index in [0.29, 0.717) is 16.6 Å². The minimum absolute atomic E-state index is 0.0852. The van der Waals surface area contributed by atoms with E-state index in [1.165, 1.54) is 23.1 Å². The number of alkyl halides is 3. The van der Waals surface area contributed by atoms with E-state index in [4.69, 9.17) is 5.73 Å². The zero-order valence-electron chi connectivity index (χ0n) is 10.5. The van der Waals surface area contributed by atoms with Crippen LogP contribution in [-0.2, 0) is 10.2 Å². The quantitative estimate of drug-likeness (QED) is 0.746. The van der Waals surface area contributed by atoms with Crippen molar-refractivity contribution in [3.05, 3.63) is 30.5 Å². The lowest BCUT2D eigenvalue weighted by Gasteiger charge is -2.13. The molecule has 0 bridgehead atoms. The number of hydrogen-bond donors (Lipinski definition) is 3. The Morgan fingerprint density at radius 3 is 2.62 bits per heavy atom. The van der Waals surface area contributed by atoms with Crippen LogP contribution in [0, 0.1) is 0 Å². The van der Waals surface area contributed by atoms with E-state index in [1.54, 1.807) is 12.1 Å². The molecule has 0 saturated heterocycles. The second-order valence-corrected chi connectivity index (χ2v) is 5.64. The summed E-state index contributed by atoms with van der Waals surface area (Å²) in [5, 5.41) is 0.384. The predicted molar refractivity (Wildman–Crippen MR) is 72.8 cm³/mol. The van der Waals surface area contributed by atoms with Crippen LogP contribution in [0.3, 0.4) is 0 Å². The summed E-state index contributed by atoms with van der Waals surface area (Å²) in [5.74, 6) is 0. The van der Waals surface area contributed by atoms with Gasteiger partial charge in [0.05, 0.1) is 16.9 Å². The lowest BCUT2D eigenvalue weighted by atomic mass is 10.1. The molecule has 114 valence electrons. The van der Waals surface area contributed by atoms with Crippen LogP contribution >= 0.6 is 0 Å². The van der Waals surface area contributed by atoms with Gasteiger partial charge in [-0.05, 0) is 24.3 Å². The third kappa shape index (κ3) is 3.95. The number of nitrogens with one attached hydrogen (secondary N) is 2. The Labute approximate surface area is 118 Å². The number of nitrogen functional groups attached to an aromatic ring is 1. The van der Waals surface area contributed by atoms with Crippen molar-refractivity contribution >= 4 is 32.5 Å². The van der Waals surface area contributed by atoms with Crippen LogP contribution in [0.15, 0.2) is 30.5 Å². The average Bonchev–Trinajstić information content (AvgIpc) is 2.40. The topological polar surface area (TPSA) is 97.1 Å². The Balaban J connectivity index is 2.30. The maximum absolute atomic E-state index is 12.0. The van der Waals surface area contributed by atoms with E-state index in [1.807, 2.05) is 4.72 Å². The second-order valence-electron chi connectivity index (χ2n) is 4.14. The largest absolute Gasteiger partial charge is 0.402 e. The summed E-state index contributed by atoms with van der Waals surface area (Å²) in [6.45, 7) is -1.66.